The van der Waals surface area contributed by atoms with Crippen molar-refractivity contribution in [3.05, 3.63) is 48.2 Å². The summed E-state index contributed by atoms with van der Waals surface area (Å²) in [6, 6.07) is 15.1. The molecule has 0 spiro atoms. The molecule has 1 aromatic carbocycles. The standard InChI is InChI=1S/C17H22N2O.ClH/c1-18-15-8-5-11-19(12-15)13-16-9-10-17(20-16)14-6-3-2-4-7-14;/h2-4,6-7,9-10,15,18H,5,8,11-13H2,1H3;1H. The lowest BCUT2D eigenvalue weighted by atomic mass is 10.1. The first-order valence-corrected chi connectivity index (χ1v) is 7.39. The lowest BCUT2D eigenvalue weighted by Crippen LogP contribution is -2.43. The minimum absolute atomic E-state index is 0. The number of halogens is 1. The van der Waals surface area contributed by atoms with E-state index in [-0.39, 0.29) is 12.4 Å². The smallest absolute Gasteiger partial charge is 0.134 e. The predicted octanol–water partition coefficient (Wildman–Crippen LogP) is 3.55. The molecule has 1 aromatic heterocycles. The Morgan fingerprint density at radius 2 is 2.00 bits per heavy atom. The minimum Gasteiger partial charge on any atom is -0.460 e. The van der Waals surface area contributed by atoms with Gasteiger partial charge in [-0.15, -0.1) is 12.4 Å². The Morgan fingerprint density at radius 3 is 2.76 bits per heavy atom. The van der Waals surface area contributed by atoms with Gasteiger partial charge in [0.15, 0.2) is 0 Å². The van der Waals surface area contributed by atoms with Gasteiger partial charge >= 0.3 is 0 Å². The zero-order chi connectivity index (χ0) is 13.8. The SMILES string of the molecule is CNC1CCCN(Cc2ccc(-c3ccccc3)o2)C1.Cl. The van der Waals surface area contributed by atoms with E-state index in [9.17, 15) is 0 Å². The van der Waals surface area contributed by atoms with Crippen LogP contribution in [0.15, 0.2) is 46.9 Å². The predicted molar refractivity (Wildman–Crippen MR) is 88.8 cm³/mol. The number of hydrogen-bond acceptors (Lipinski definition) is 3. The molecule has 1 aliphatic heterocycles. The maximum Gasteiger partial charge on any atom is 0.134 e. The number of hydrogen-bond donors (Lipinski definition) is 1. The fraction of sp³-hybridized carbons (Fsp3) is 0.412. The zero-order valence-electron chi connectivity index (χ0n) is 12.4. The molecule has 0 radical (unpaired) electrons. The van der Waals surface area contributed by atoms with E-state index in [1.54, 1.807) is 0 Å². The maximum absolute atomic E-state index is 5.98. The topological polar surface area (TPSA) is 28.4 Å². The Hall–Kier alpha value is -1.29. The van der Waals surface area contributed by atoms with Gasteiger partial charge in [-0.1, -0.05) is 30.3 Å². The van der Waals surface area contributed by atoms with Crippen molar-refractivity contribution in [3.63, 3.8) is 0 Å². The Balaban J connectivity index is 0.00000161. The second kappa shape index (κ2) is 7.64. The van der Waals surface area contributed by atoms with Gasteiger partial charge in [-0.25, -0.2) is 0 Å². The van der Waals surface area contributed by atoms with Crippen molar-refractivity contribution in [2.24, 2.45) is 0 Å². The van der Waals surface area contributed by atoms with E-state index < -0.39 is 0 Å². The molecule has 0 saturated carbocycles. The first kappa shape index (κ1) is 16.1. The van der Waals surface area contributed by atoms with Crippen molar-refractivity contribution < 1.29 is 4.42 Å². The van der Waals surface area contributed by atoms with Crippen LogP contribution in [0, 0.1) is 0 Å². The van der Waals surface area contributed by atoms with Crippen LogP contribution in [0.4, 0.5) is 0 Å². The first-order chi connectivity index (χ1) is 9.85. The van der Waals surface area contributed by atoms with Crippen LogP contribution in [-0.2, 0) is 6.54 Å². The summed E-state index contributed by atoms with van der Waals surface area (Å²) in [4.78, 5) is 2.47. The van der Waals surface area contributed by atoms with E-state index in [1.807, 2.05) is 18.2 Å². The first-order valence-electron chi connectivity index (χ1n) is 7.39. The quantitative estimate of drug-likeness (QED) is 0.936. The van der Waals surface area contributed by atoms with Crippen molar-refractivity contribution in [2.45, 2.75) is 25.4 Å². The molecule has 0 aliphatic carbocycles. The zero-order valence-corrected chi connectivity index (χ0v) is 13.2. The van der Waals surface area contributed by atoms with E-state index in [0.29, 0.717) is 6.04 Å². The number of likely N-dealkylation sites (tertiary alicyclic amines) is 1. The summed E-state index contributed by atoms with van der Waals surface area (Å²) in [6.07, 6.45) is 2.54. The molecule has 1 aliphatic rings. The van der Waals surface area contributed by atoms with Gasteiger partial charge in [-0.05, 0) is 38.6 Å². The summed E-state index contributed by atoms with van der Waals surface area (Å²) in [5, 5.41) is 3.38. The number of piperidine rings is 1. The van der Waals surface area contributed by atoms with Gasteiger partial charge in [0, 0.05) is 18.2 Å². The van der Waals surface area contributed by atoms with Gasteiger partial charge in [0.25, 0.3) is 0 Å². The number of benzene rings is 1. The number of rotatable bonds is 4. The van der Waals surface area contributed by atoms with Crippen LogP contribution in [0.25, 0.3) is 11.3 Å². The molecule has 0 bridgehead atoms. The summed E-state index contributed by atoms with van der Waals surface area (Å²) in [5.74, 6) is 2.02. The molecule has 2 heterocycles. The highest BCUT2D eigenvalue weighted by Crippen LogP contribution is 2.23. The van der Waals surface area contributed by atoms with Crippen LogP contribution in [0.3, 0.4) is 0 Å². The third-order valence-electron chi connectivity index (χ3n) is 4.01. The molecule has 1 saturated heterocycles. The van der Waals surface area contributed by atoms with Crippen molar-refractivity contribution in [2.75, 3.05) is 20.1 Å². The van der Waals surface area contributed by atoms with Crippen molar-refractivity contribution in [1.29, 1.82) is 0 Å². The van der Waals surface area contributed by atoms with Crippen LogP contribution in [0.1, 0.15) is 18.6 Å². The molecule has 1 fully saturated rings. The van der Waals surface area contributed by atoms with Crippen LogP contribution < -0.4 is 5.32 Å². The summed E-state index contributed by atoms with van der Waals surface area (Å²) in [5.41, 5.74) is 1.14. The highest BCUT2D eigenvalue weighted by Gasteiger charge is 2.19. The van der Waals surface area contributed by atoms with Crippen LogP contribution in [0.2, 0.25) is 0 Å². The summed E-state index contributed by atoms with van der Waals surface area (Å²) in [6.45, 7) is 3.18. The minimum atomic E-state index is 0. The second-order valence-electron chi connectivity index (χ2n) is 5.49. The molecular weight excluding hydrogens is 284 g/mol. The van der Waals surface area contributed by atoms with E-state index >= 15 is 0 Å². The molecule has 1 unspecified atom stereocenters. The Morgan fingerprint density at radius 1 is 1.19 bits per heavy atom. The van der Waals surface area contributed by atoms with Gasteiger partial charge in [0.1, 0.15) is 11.5 Å². The molecule has 0 amide bonds. The highest BCUT2D eigenvalue weighted by molar-refractivity contribution is 5.85. The molecular formula is C17H23ClN2O. The summed E-state index contributed by atoms with van der Waals surface area (Å²) < 4.78 is 5.98. The van der Waals surface area contributed by atoms with Crippen molar-refractivity contribution >= 4 is 12.4 Å². The van der Waals surface area contributed by atoms with Gasteiger partial charge < -0.3 is 9.73 Å². The van der Waals surface area contributed by atoms with E-state index in [0.717, 1.165) is 30.2 Å². The largest absolute Gasteiger partial charge is 0.460 e. The normalized spacial score (nSPS) is 19.2. The summed E-state index contributed by atoms with van der Waals surface area (Å²) >= 11 is 0. The Labute approximate surface area is 132 Å². The molecule has 4 heteroatoms. The van der Waals surface area contributed by atoms with Crippen molar-refractivity contribution in [1.82, 2.24) is 10.2 Å². The molecule has 2 aromatic rings. The second-order valence-corrected chi connectivity index (χ2v) is 5.49. The summed E-state index contributed by atoms with van der Waals surface area (Å²) in [7, 11) is 2.05. The maximum atomic E-state index is 5.98. The fourth-order valence-electron chi connectivity index (χ4n) is 2.88. The third kappa shape index (κ3) is 4.10. The van der Waals surface area contributed by atoms with Crippen LogP contribution in [-0.4, -0.2) is 31.1 Å². The highest BCUT2D eigenvalue weighted by atomic mass is 35.5. The lowest BCUT2D eigenvalue weighted by molar-refractivity contribution is 0.176. The Kier molecular flexibility index (Phi) is 5.85. The molecule has 1 atom stereocenters. The van der Waals surface area contributed by atoms with Crippen LogP contribution in [0.5, 0.6) is 0 Å². The average molecular weight is 307 g/mol. The molecule has 3 nitrogen and oxygen atoms in total. The van der Waals surface area contributed by atoms with Gasteiger partial charge in [0.05, 0.1) is 6.54 Å². The van der Waals surface area contributed by atoms with Crippen molar-refractivity contribution in [3.8, 4) is 11.3 Å². The number of furan rings is 1. The monoisotopic (exact) mass is 306 g/mol. The van der Waals surface area contributed by atoms with E-state index in [2.05, 4.69) is 41.5 Å². The van der Waals surface area contributed by atoms with E-state index in [1.165, 1.54) is 19.4 Å². The van der Waals surface area contributed by atoms with Crippen LogP contribution >= 0.6 is 12.4 Å². The lowest BCUT2D eigenvalue weighted by Gasteiger charge is -2.31. The fourth-order valence-corrected chi connectivity index (χ4v) is 2.88. The number of nitrogens with zero attached hydrogens (tertiary/aromatic N) is 1. The molecule has 114 valence electrons. The molecule has 21 heavy (non-hydrogen) atoms. The third-order valence-corrected chi connectivity index (χ3v) is 4.01. The van der Waals surface area contributed by atoms with Gasteiger partial charge in [-0.3, -0.25) is 4.90 Å². The van der Waals surface area contributed by atoms with E-state index in [4.69, 9.17) is 4.42 Å². The van der Waals surface area contributed by atoms with Gasteiger partial charge in [-0.2, -0.15) is 0 Å². The van der Waals surface area contributed by atoms with Gasteiger partial charge in [0.2, 0.25) is 0 Å². The molecule has 1 N–H and O–H groups in total. The number of nitrogens with one attached hydrogen (secondary N) is 1. The Bertz CT molecular complexity index is 541. The number of likely N-dealkylation sites (N-methyl/N-ethyl adjacent to an activating group) is 1. The average Bonchev–Trinajstić information content (AvgIpc) is 2.97. The molecule has 3 rings (SSSR count).